The Balaban J connectivity index is 2.89. The molecular weight excluding hydrogens is 264 g/mol. The minimum absolute atomic E-state index is 1.54. The van der Waals surface area contributed by atoms with Crippen molar-refractivity contribution in [3.8, 4) is 0 Å². The number of aliphatic hydroxyl groups is 4. The first-order valence-corrected chi connectivity index (χ1v) is 4.41. The van der Waals surface area contributed by atoms with Crippen LogP contribution in [0.15, 0.2) is 0 Å². The first kappa shape index (κ1) is 11.8. The van der Waals surface area contributed by atoms with Crippen LogP contribution in [0.1, 0.15) is 0 Å². The van der Waals surface area contributed by atoms with Gasteiger partial charge in [-0.2, -0.15) is 0 Å². The second kappa shape index (κ2) is 3.72. The average molecular weight is 273 g/mol. The van der Waals surface area contributed by atoms with Crippen molar-refractivity contribution in [3.05, 3.63) is 0 Å². The molecule has 0 saturated carbocycles. The highest BCUT2D eigenvalue weighted by Crippen LogP contribution is 2.33. The first-order chi connectivity index (χ1) is 6.28. The Hall–Kier alpha value is -0.250. The number of rotatable bonds is 1. The Bertz CT molecular complexity index is 242. The minimum Gasteiger partial charge on any atom is -0.479 e. The minimum atomic E-state index is -2.28. The molecule has 5 N–H and O–H groups in total. The molecule has 5 atom stereocenters. The summed E-state index contributed by atoms with van der Waals surface area (Å²) in [6.45, 7) is 0. The summed E-state index contributed by atoms with van der Waals surface area (Å²) in [4.78, 5) is 10.5. The van der Waals surface area contributed by atoms with E-state index in [0.29, 0.717) is 0 Å². The van der Waals surface area contributed by atoms with Gasteiger partial charge in [-0.05, 0) is 15.9 Å². The molecule has 8 heteroatoms. The zero-order valence-corrected chi connectivity index (χ0v) is 8.33. The smallest absolute Gasteiger partial charge is 0.335 e. The molecule has 1 saturated heterocycles. The van der Waals surface area contributed by atoms with Crippen LogP contribution in [-0.4, -0.2) is 60.6 Å². The molecule has 1 aliphatic heterocycles. The molecule has 0 aromatic rings. The van der Waals surface area contributed by atoms with Crippen molar-refractivity contribution in [2.45, 2.75) is 29.1 Å². The van der Waals surface area contributed by atoms with Crippen molar-refractivity contribution in [2.24, 2.45) is 0 Å². The summed E-state index contributed by atoms with van der Waals surface area (Å²) in [5, 5.41) is 45.4. The van der Waals surface area contributed by atoms with Crippen LogP contribution in [0, 0.1) is 0 Å². The predicted molar refractivity (Wildman–Crippen MR) is 44.4 cm³/mol. The SMILES string of the molecule is O=C(O)[C@H]1O[C@@H](O)[C@@](O)(Br)[C@@H](O)[C@@H]1O. The number of carboxylic acid groups (broad SMARTS) is 1. The summed E-state index contributed by atoms with van der Waals surface area (Å²) in [6.07, 6.45) is -7.42. The van der Waals surface area contributed by atoms with E-state index in [1.165, 1.54) is 0 Å². The third-order valence-corrected chi connectivity index (χ3v) is 2.77. The van der Waals surface area contributed by atoms with Crippen molar-refractivity contribution in [1.29, 1.82) is 0 Å². The lowest BCUT2D eigenvalue weighted by Gasteiger charge is -2.41. The standard InChI is InChI=1S/C6H9BrO7/c7-6(13)3(9)1(8)2(4(10)11)14-5(6)12/h1-3,5,8-9,12-13H,(H,10,11)/t1-,2+,3+,5-,6-/m1/s1. The Morgan fingerprint density at radius 2 is 1.86 bits per heavy atom. The van der Waals surface area contributed by atoms with Crippen LogP contribution in [0.4, 0.5) is 0 Å². The van der Waals surface area contributed by atoms with E-state index >= 15 is 0 Å². The normalized spacial score (nSPS) is 48.9. The fourth-order valence-corrected chi connectivity index (χ4v) is 1.45. The molecule has 82 valence electrons. The Morgan fingerprint density at radius 3 is 2.29 bits per heavy atom. The summed E-state index contributed by atoms with van der Waals surface area (Å²) < 4.78 is 2.12. The third-order valence-electron chi connectivity index (χ3n) is 1.91. The van der Waals surface area contributed by atoms with E-state index in [-0.39, 0.29) is 0 Å². The summed E-state index contributed by atoms with van der Waals surface area (Å²) >= 11 is 2.52. The van der Waals surface area contributed by atoms with E-state index in [2.05, 4.69) is 20.7 Å². The molecule has 0 amide bonds. The molecule has 0 aliphatic carbocycles. The van der Waals surface area contributed by atoms with Crippen molar-refractivity contribution in [2.75, 3.05) is 0 Å². The van der Waals surface area contributed by atoms with Crippen LogP contribution >= 0.6 is 15.9 Å². The van der Waals surface area contributed by atoms with Gasteiger partial charge in [-0.1, -0.05) is 0 Å². The zero-order chi connectivity index (χ0) is 11.1. The molecule has 0 aromatic heterocycles. The quantitative estimate of drug-likeness (QED) is 0.337. The molecule has 1 fully saturated rings. The maximum absolute atomic E-state index is 10.5. The second-order valence-corrected chi connectivity index (χ2v) is 4.18. The van der Waals surface area contributed by atoms with Crippen molar-refractivity contribution in [1.82, 2.24) is 0 Å². The Labute approximate surface area is 86.7 Å². The lowest BCUT2D eigenvalue weighted by Crippen LogP contribution is -2.64. The van der Waals surface area contributed by atoms with Gasteiger partial charge in [-0.15, -0.1) is 0 Å². The summed E-state index contributed by atoms with van der Waals surface area (Å²) in [6, 6.07) is 0. The van der Waals surface area contributed by atoms with Gasteiger partial charge in [0.15, 0.2) is 16.9 Å². The van der Waals surface area contributed by atoms with Gasteiger partial charge in [0.05, 0.1) is 0 Å². The Kier molecular flexibility index (Phi) is 3.14. The number of ether oxygens (including phenoxy) is 1. The molecule has 0 aromatic carbocycles. The molecule has 1 heterocycles. The molecule has 14 heavy (non-hydrogen) atoms. The first-order valence-electron chi connectivity index (χ1n) is 3.62. The Morgan fingerprint density at radius 1 is 1.36 bits per heavy atom. The fourth-order valence-electron chi connectivity index (χ4n) is 1.07. The molecule has 1 aliphatic rings. The summed E-state index contributed by atoms with van der Waals surface area (Å²) in [7, 11) is 0. The number of carbonyl (C=O) groups is 1. The number of hydrogen-bond donors (Lipinski definition) is 5. The third kappa shape index (κ3) is 1.76. The van der Waals surface area contributed by atoms with E-state index in [0.717, 1.165) is 0 Å². The maximum Gasteiger partial charge on any atom is 0.335 e. The molecule has 0 unspecified atom stereocenters. The second-order valence-electron chi connectivity index (χ2n) is 2.91. The van der Waals surface area contributed by atoms with Gasteiger partial charge in [-0.25, -0.2) is 4.79 Å². The fraction of sp³-hybridized carbons (Fsp3) is 0.833. The number of alkyl halides is 1. The van der Waals surface area contributed by atoms with E-state index in [4.69, 9.17) is 10.2 Å². The van der Waals surface area contributed by atoms with Gasteiger partial charge in [0, 0.05) is 0 Å². The molecule has 0 radical (unpaired) electrons. The average Bonchev–Trinajstić information content (AvgIpc) is 2.08. The highest BCUT2D eigenvalue weighted by molar-refractivity contribution is 9.10. The molecular formula is C6H9BrO7. The van der Waals surface area contributed by atoms with Crippen LogP contribution in [0.25, 0.3) is 0 Å². The van der Waals surface area contributed by atoms with Gasteiger partial charge in [-0.3, -0.25) is 0 Å². The van der Waals surface area contributed by atoms with Gasteiger partial charge in [0.25, 0.3) is 0 Å². The number of halogens is 1. The predicted octanol–water partition coefficient (Wildman–Crippen LogP) is -2.41. The van der Waals surface area contributed by atoms with E-state index < -0.39 is 35.1 Å². The lowest BCUT2D eigenvalue weighted by molar-refractivity contribution is -0.289. The van der Waals surface area contributed by atoms with E-state index in [1.54, 1.807) is 0 Å². The number of aliphatic hydroxyl groups excluding tert-OH is 3. The number of carboxylic acids is 1. The van der Waals surface area contributed by atoms with Crippen LogP contribution in [0.2, 0.25) is 0 Å². The molecule has 0 spiro atoms. The van der Waals surface area contributed by atoms with Crippen molar-refractivity contribution >= 4 is 21.9 Å². The zero-order valence-electron chi connectivity index (χ0n) is 6.74. The summed E-state index contributed by atoms with van der Waals surface area (Å²) in [5.74, 6) is -1.54. The van der Waals surface area contributed by atoms with Gasteiger partial charge < -0.3 is 30.3 Å². The van der Waals surface area contributed by atoms with E-state index in [1.807, 2.05) is 0 Å². The van der Waals surface area contributed by atoms with Crippen LogP contribution < -0.4 is 0 Å². The summed E-state index contributed by atoms with van der Waals surface area (Å²) in [5.41, 5.74) is 0. The van der Waals surface area contributed by atoms with Gasteiger partial charge >= 0.3 is 5.97 Å². The number of hydrogen-bond acceptors (Lipinski definition) is 6. The largest absolute Gasteiger partial charge is 0.479 e. The van der Waals surface area contributed by atoms with Crippen LogP contribution in [-0.2, 0) is 9.53 Å². The molecule has 0 bridgehead atoms. The van der Waals surface area contributed by atoms with Crippen LogP contribution in [0.3, 0.4) is 0 Å². The van der Waals surface area contributed by atoms with Gasteiger partial charge in [0.2, 0.25) is 0 Å². The molecule has 1 rings (SSSR count). The number of aliphatic carboxylic acids is 1. The lowest BCUT2D eigenvalue weighted by atomic mass is 9.99. The van der Waals surface area contributed by atoms with Crippen molar-refractivity contribution < 1.29 is 35.1 Å². The highest BCUT2D eigenvalue weighted by Gasteiger charge is 2.55. The van der Waals surface area contributed by atoms with Gasteiger partial charge in [0.1, 0.15) is 12.2 Å². The van der Waals surface area contributed by atoms with Crippen molar-refractivity contribution in [3.63, 3.8) is 0 Å². The highest BCUT2D eigenvalue weighted by atomic mass is 79.9. The molecule has 7 nitrogen and oxygen atoms in total. The van der Waals surface area contributed by atoms with Crippen LogP contribution in [0.5, 0.6) is 0 Å². The maximum atomic E-state index is 10.5. The monoisotopic (exact) mass is 272 g/mol. The van der Waals surface area contributed by atoms with E-state index in [9.17, 15) is 20.1 Å². The topological polar surface area (TPSA) is 127 Å².